The SMILES string of the molecule is Cl.Cl.O=S(=O)(NCCCN1CCNCC1)c1c(Cl)cccc1C(F)(F)F. The van der Waals surface area contributed by atoms with Gasteiger partial charge >= 0.3 is 6.18 Å². The first-order valence-corrected chi connectivity index (χ1v) is 9.36. The minimum Gasteiger partial charge on any atom is -0.314 e. The van der Waals surface area contributed by atoms with E-state index in [1.54, 1.807) is 0 Å². The second-order valence-corrected chi connectivity index (χ2v) is 7.57. The van der Waals surface area contributed by atoms with E-state index in [0.717, 1.165) is 38.3 Å². The van der Waals surface area contributed by atoms with Crippen molar-refractivity contribution in [3.8, 4) is 0 Å². The van der Waals surface area contributed by atoms with E-state index in [2.05, 4.69) is 14.9 Å². The molecule has 0 unspecified atom stereocenters. The Hall–Kier alpha value is -0.290. The van der Waals surface area contributed by atoms with Crippen LogP contribution < -0.4 is 10.0 Å². The van der Waals surface area contributed by atoms with Crippen molar-refractivity contribution in [2.24, 2.45) is 0 Å². The molecule has 1 aliphatic heterocycles. The van der Waals surface area contributed by atoms with Crippen LogP contribution in [0.3, 0.4) is 0 Å². The summed E-state index contributed by atoms with van der Waals surface area (Å²) in [5, 5.41) is 2.76. The maximum atomic E-state index is 13.0. The van der Waals surface area contributed by atoms with E-state index >= 15 is 0 Å². The van der Waals surface area contributed by atoms with Crippen molar-refractivity contribution >= 4 is 46.4 Å². The second-order valence-electron chi connectivity index (χ2n) is 5.46. The standard InChI is InChI=1S/C14H19ClF3N3O2S.2ClH/c15-12-4-1-3-11(14(16,17)18)13(12)24(22,23)20-5-2-8-21-9-6-19-7-10-21;;/h1,3-4,19-20H,2,5-10H2;2*1H. The van der Waals surface area contributed by atoms with Crippen LogP contribution in [0, 0.1) is 0 Å². The molecule has 1 heterocycles. The van der Waals surface area contributed by atoms with E-state index in [1.165, 1.54) is 0 Å². The molecule has 1 aromatic rings. The van der Waals surface area contributed by atoms with Crippen LogP contribution in [-0.2, 0) is 16.2 Å². The number of nitrogens with one attached hydrogen (secondary N) is 2. The van der Waals surface area contributed by atoms with Gasteiger partial charge in [0.15, 0.2) is 0 Å². The fourth-order valence-corrected chi connectivity index (χ4v) is 4.36. The van der Waals surface area contributed by atoms with Crippen molar-refractivity contribution in [1.29, 1.82) is 0 Å². The van der Waals surface area contributed by atoms with Crippen molar-refractivity contribution in [2.75, 3.05) is 39.3 Å². The number of hydrogen-bond donors (Lipinski definition) is 2. The van der Waals surface area contributed by atoms with Gasteiger partial charge in [0.05, 0.1) is 10.6 Å². The molecule has 0 aliphatic carbocycles. The Balaban J connectivity index is 0.00000312. The molecule has 0 bridgehead atoms. The van der Waals surface area contributed by atoms with E-state index in [9.17, 15) is 21.6 Å². The summed E-state index contributed by atoms with van der Waals surface area (Å²) in [5.41, 5.74) is -1.26. The maximum Gasteiger partial charge on any atom is 0.417 e. The third-order valence-corrected chi connectivity index (χ3v) is 5.68. The third-order valence-electron chi connectivity index (χ3n) is 3.69. The lowest BCUT2D eigenvalue weighted by atomic mass is 10.2. The van der Waals surface area contributed by atoms with Crippen LogP contribution in [0.5, 0.6) is 0 Å². The van der Waals surface area contributed by atoms with Gasteiger partial charge in [-0.25, -0.2) is 13.1 Å². The number of hydrogen-bond acceptors (Lipinski definition) is 4. The van der Waals surface area contributed by atoms with Crippen LogP contribution in [0.1, 0.15) is 12.0 Å². The zero-order valence-corrected chi connectivity index (χ0v) is 16.9. The van der Waals surface area contributed by atoms with Crippen LogP contribution in [0.25, 0.3) is 0 Å². The normalized spacial score (nSPS) is 15.8. The molecule has 1 aliphatic rings. The van der Waals surface area contributed by atoms with Gasteiger partial charge in [0, 0.05) is 32.7 Å². The third kappa shape index (κ3) is 7.03. The summed E-state index contributed by atoms with van der Waals surface area (Å²) in [7, 11) is -4.34. The lowest BCUT2D eigenvalue weighted by Gasteiger charge is -2.27. The largest absolute Gasteiger partial charge is 0.417 e. The summed E-state index contributed by atoms with van der Waals surface area (Å²) < 4.78 is 65.8. The van der Waals surface area contributed by atoms with Gasteiger partial charge in [-0.05, 0) is 25.1 Å². The molecule has 5 nitrogen and oxygen atoms in total. The molecule has 0 radical (unpaired) electrons. The van der Waals surface area contributed by atoms with E-state index in [4.69, 9.17) is 11.6 Å². The molecule has 0 spiro atoms. The van der Waals surface area contributed by atoms with Crippen molar-refractivity contribution in [1.82, 2.24) is 14.9 Å². The second kappa shape index (κ2) is 10.9. The lowest BCUT2D eigenvalue weighted by Crippen LogP contribution is -2.44. The van der Waals surface area contributed by atoms with Crippen molar-refractivity contribution in [3.05, 3.63) is 28.8 Å². The molecule has 0 aromatic heterocycles. The minimum absolute atomic E-state index is 0. The van der Waals surface area contributed by atoms with Crippen LogP contribution >= 0.6 is 36.4 Å². The van der Waals surface area contributed by atoms with Crippen molar-refractivity contribution in [2.45, 2.75) is 17.5 Å². The number of halogens is 6. The Morgan fingerprint density at radius 3 is 2.38 bits per heavy atom. The van der Waals surface area contributed by atoms with E-state index in [0.29, 0.717) is 19.0 Å². The molecule has 1 saturated heterocycles. The molecule has 0 saturated carbocycles. The zero-order valence-electron chi connectivity index (χ0n) is 13.7. The maximum absolute atomic E-state index is 13.0. The highest BCUT2D eigenvalue weighted by Gasteiger charge is 2.38. The van der Waals surface area contributed by atoms with Gasteiger partial charge < -0.3 is 10.2 Å². The molecular formula is C14H21Cl3F3N3O2S. The Labute approximate surface area is 168 Å². The summed E-state index contributed by atoms with van der Waals surface area (Å²) in [4.78, 5) is 1.25. The van der Waals surface area contributed by atoms with Crippen LogP contribution in [0.4, 0.5) is 13.2 Å². The average Bonchev–Trinajstić information content (AvgIpc) is 2.51. The molecular weight excluding hydrogens is 438 g/mol. The van der Waals surface area contributed by atoms with Gasteiger partial charge in [-0.15, -0.1) is 24.8 Å². The smallest absolute Gasteiger partial charge is 0.314 e. The fraction of sp³-hybridized carbons (Fsp3) is 0.571. The molecule has 2 N–H and O–H groups in total. The van der Waals surface area contributed by atoms with Gasteiger partial charge in [-0.1, -0.05) is 17.7 Å². The summed E-state index contributed by atoms with van der Waals surface area (Å²) >= 11 is 5.72. The van der Waals surface area contributed by atoms with E-state index in [-0.39, 0.29) is 31.4 Å². The minimum atomic E-state index is -4.80. The summed E-state index contributed by atoms with van der Waals surface area (Å²) in [6, 6.07) is 2.92. The van der Waals surface area contributed by atoms with E-state index < -0.39 is 31.7 Å². The Bertz CT molecular complexity index is 669. The molecule has 1 aromatic carbocycles. The highest BCUT2D eigenvalue weighted by Crippen LogP contribution is 2.37. The summed E-state index contributed by atoms with van der Waals surface area (Å²) in [5.74, 6) is 0. The average molecular weight is 459 g/mol. The van der Waals surface area contributed by atoms with Gasteiger partial charge in [0.1, 0.15) is 4.90 Å². The van der Waals surface area contributed by atoms with Crippen LogP contribution in [0.2, 0.25) is 5.02 Å². The first-order chi connectivity index (χ1) is 11.2. The number of nitrogens with zero attached hydrogens (tertiary/aromatic N) is 1. The van der Waals surface area contributed by atoms with E-state index in [1.807, 2.05) is 0 Å². The molecule has 152 valence electrons. The number of benzene rings is 1. The first kappa shape index (κ1) is 25.7. The summed E-state index contributed by atoms with van der Waals surface area (Å²) in [6.07, 6.45) is -4.29. The lowest BCUT2D eigenvalue weighted by molar-refractivity contribution is -0.139. The topological polar surface area (TPSA) is 61.4 Å². The number of rotatable bonds is 6. The van der Waals surface area contributed by atoms with Crippen LogP contribution in [0.15, 0.2) is 23.1 Å². The number of alkyl halides is 3. The highest BCUT2D eigenvalue weighted by molar-refractivity contribution is 7.89. The number of sulfonamides is 1. The molecule has 26 heavy (non-hydrogen) atoms. The molecule has 12 heteroatoms. The van der Waals surface area contributed by atoms with Gasteiger partial charge in [-0.2, -0.15) is 13.2 Å². The zero-order chi connectivity index (χ0) is 17.8. The van der Waals surface area contributed by atoms with Crippen molar-refractivity contribution < 1.29 is 21.6 Å². The predicted octanol–water partition coefficient (Wildman–Crippen LogP) is 2.78. The monoisotopic (exact) mass is 457 g/mol. The number of piperazine rings is 1. The quantitative estimate of drug-likeness (QED) is 0.644. The molecule has 0 atom stereocenters. The first-order valence-electron chi connectivity index (χ1n) is 7.50. The van der Waals surface area contributed by atoms with Crippen LogP contribution in [-0.4, -0.2) is 52.6 Å². The molecule has 2 rings (SSSR count). The Morgan fingerprint density at radius 2 is 1.81 bits per heavy atom. The summed E-state index contributed by atoms with van der Waals surface area (Å²) in [6.45, 7) is 4.22. The van der Waals surface area contributed by atoms with Crippen molar-refractivity contribution in [3.63, 3.8) is 0 Å². The Kier molecular flexibility index (Phi) is 10.8. The highest BCUT2D eigenvalue weighted by atomic mass is 35.5. The van der Waals surface area contributed by atoms with Gasteiger partial charge in [0.2, 0.25) is 10.0 Å². The molecule has 1 fully saturated rings. The van der Waals surface area contributed by atoms with Gasteiger partial charge in [-0.3, -0.25) is 0 Å². The fourth-order valence-electron chi connectivity index (χ4n) is 2.52. The molecule has 0 amide bonds. The Morgan fingerprint density at radius 1 is 1.19 bits per heavy atom. The van der Waals surface area contributed by atoms with Gasteiger partial charge in [0.25, 0.3) is 0 Å². The predicted molar refractivity (Wildman–Crippen MR) is 100 cm³/mol.